The van der Waals surface area contributed by atoms with Crippen molar-refractivity contribution in [3.05, 3.63) is 44.7 Å². The molecule has 0 aliphatic heterocycles. The lowest BCUT2D eigenvalue weighted by Crippen LogP contribution is -2.19. The molecular weight excluding hydrogens is 250 g/mol. The maximum absolute atomic E-state index is 11.1. The molecule has 0 aliphatic carbocycles. The van der Waals surface area contributed by atoms with Gasteiger partial charge in [0.25, 0.3) is 0 Å². The number of benzene rings is 1. The molecule has 19 heavy (non-hydrogen) atoms. The van der Waals surface area contributed by atoms with Gasteiger partial charge < -0.3 is 20.2 Å². The van der Waals surface area contributed by atoms with E-state index in [2.05, 4.69) is 20.0 Å². The molecule has 8 heteroatoms. The van der Waals surface area contributed by atoms with E-state index < -0.39 is 12.2 Å². The monoisotopic (exact) mass is 263 g/mol. The minimum Gasteiger partial charge on any atom is -0.390 e. The molecular formula is C11H13N5O3. The number of aliphatic hydroxyl groups is 2. The summed E-state index contributed by atoms with van der Waals surface area (Å²) in [5, 5.41) is 23.0. The summed E-state index contributed by atoms with van der Waals surface area (Å²) in [7, 11) is 0. The lowest BCUT2D eigenvalue weighted by molar-refractivity contribution is 0.0151. The van der Waals surface area contributed by atoms with Gasteiger partial charge in [0.1, 0.15) is 6.10 Å². The minimum atomic E-state index is -1.10. The minimum absolute atomic E-state index is 0.109. The average Bonchev–Trinajstić information content (AvgIpc) is 2.77. The molecule has 2 rings (SSSR count). The predicted molar refractivity (Wildman–Crippen MR) is 68.5 cm³/mol. The summed E-state index contributed by atoms with van der Waals surface area (Å²) in [4.78, 5) is 18.8. The number of H-pyrrole nitrogens is 2. The summed E-state index contributed by atoms with van der Waals surface area (Å²) in [6.45, 7) is 0.109. The third-order valence-corrected chi connectivity index (χ3v) is 2.83. The third-order valence-electron chi connectivity index (χ3n) is 2.83. The van der Waals surface area contributed by atoms with Crippen LogP contribution in [0.4, 0.5) is 0 Å². The van der Waals surface area contributed by atoms with Crippen molar-refractivity contribution in [2.24, 2.45) is 5.11 Å². The van der Waals surface area contributed by atoms with Crippen LogP contribution in [0.1, 0.15) is 18.1 Å². The van der Waals surface area contributed by atoms with Gasteiger partial charge in [0.15, 0.2) is 0 Å². The van der Waals surface area contributed by atoms with Crippen LogP contribution in [-0.4, -0.2) is 32.8 Å². The molecule has 100 valence electrons. The fraction of sp³-hybridized carbons (Fsp3) is 0.364. The van der Waals surface area contributed by atoms with Crippen molar-refractivity contribution in [3.63, 3.8) is 0 Å². The lowest BCUT2D eigenvalue weighted by atomic mass is 10.0. The van der Waals surface area contributed by atoms with Crippen LogP contribution in [0.3, 0.4) is 0 Å². The molecule has 4 N–H and O–H groups in total. The Balaban J connectivity index is 2.17. The normalized spacial score (nSPS) is 14.0. The molecule has 0 aliphatic rings. The van der Waals surface area contributed by atoms with Crippen molar-refractivity contribution < 1.29 is 10.2 Å². The van der Waals surface area contributed by atoms with Gasteiger partial charge in [0.2, 0.25) is 0 Å². The molecule has 8 nitrogen and oxygen atoms in total. The van der Waals surface area contributed by atoms with Crippen molar-refractivity contribution in [2.75, 3.05) is 6.54 Å². The summed E-state index contributed by atoms with van der Waals surface area (Å²) in [6, 6.07) is 4.86. The van der Waals surface area contributed by atoms with Gasteiger partial charge in [-0.1, -0.05) is 11.2 Å². The van der Waals surface area contributed by atoms with Crippen molar-refractivity contribution >= 4 is 11.0 Å². The highest BCUT2D eigenvalue weighted by Gasteiger charge is 2.18. The Morgan fingerprint density at radius 2 is 2.05 bits per heavy atom. The van der Waals surface area contributed by atoms with E-state index in [9.17, 15) is 15.0 Å². The molecule has 1 aromatic carbocycles. The molecule has 0 saturated heterocycles. The summed E-state index contributed by atoms with van der Waals surface area (Å²) in [5.41, 5.74) is 9.48. The third kappa shape index (κ3) is 2.94. The van der Waals surface area contributed by atoms with Gasteiger partial charge >= 0.3 is 5.69 Å². The summed E-state index contributed by atoms with van der Waals surface area (Å²) < 4.78 is 0. The number of aromatic nitrogens is 2. The number of aliphatic hydroxyl groups excluding tert-OH is 2. The molecule has 0 saturated carbocycles. The first-order valence-electron chi connectivity index (χ1n) is 5.71. The van der Waals surface area contributed by atoms with E-state index >= 15 is 0 Å². The SMILES string of the molecule is [N-]=[N+]=NCCC(O)C(O)c1ccc2[nH]c(=O)[nH]c2c1. The van der Waals surface area contributed by atoms with Crippen molar-refractivity contribution in [1.82, 2.24) is 9.97 Å². The molecule has 0 radical (unpaired) electrons. The van der Waals surface area contributed by atoms with Gasteiger partial charge in [-0.05, 0) is 29.6 Å². The van der Waals surface area contributed by atoms with E-state index in [1.807, 2.05) is 0 Å². The van der Waals surface area contributed by atoms with Crippen molar-refractivity contribution in [2.45, 2.75) is 18.6 Å². The molecule has 0 fully saturated rings. The predicted octanol–water partition coefficient (Wildman–Crippen LogP) is 0.951. The van der Waals surface area contributed by atoms with Gasteiger partial charge in [-0.15, -0.1) is 0 Å². The zero-order valence-electron chi connectivity index (χ0n) is 9.95. The smallest absolute Gasteiger partial charge is 0.323 e. The second-order valence-electron chi connectivity index (χ2n) is 4.14. The first kappa shape index (κ1) is 13.2. The fourth-order valence-corrected chi connectivity index (χ4v) is 1.85. The van der Waals surface area contributed by atoms with E-state index in [4.69, 9.17) is 5.53 Å². The van der Waals surface area contributed by atoms with Gasteiger partial charge in [-0.3, -0.25) is 0 Å². The second-order valence-corrected chi connectivity index (χ2v) is 4.14. The number of azide groups is 1. The zero-order chi connectivity index (χ0) is 13.8. The average molecular weight is 263 g/mol. The molecule has 0 spiro atoms. The summed E-state index contributed by atoms with van der Waals surface area (Å²) >= 11 is 0. The number of fused-ring (bicyclic) bond motifs is 1. The topological polar surface area (TPSA) is 138 Å². The Morgan fingerprint density at radius 3 is 2.79 bits per heavy atom. The maximum Gasteiger partial charge on any atom is 0.323 e. The first-order valence-corrected chi connectivity index (χ1v) is 5.71. The molecule has 1 heterocycles. The van der Waals surface area contributed by atoms with Crippen LogP contribution in [0.25, 0.3) is 21.5 Å². The number of rotatable bonds is 5. The Hall–Kier alpha value is -2.28. The molecule has 2 unspecified atom stereocenters. The molecule has 1 aromatic heterocycles. The molecule has 0 bridgehead atoms. The van der Waals surface area contributed by atoms with Gasteiger partial charge in [0, 0.05) is 11.5 Å². The Morgan fingerprint density at radius 1 is 1.32 bits per heavy atom. The second kappa shape index (κ2) is 5.57. The first-order chi connectivity index (χ1) is 9.11. The van der Waals surface area contributed by atoms with E-state index in [1.54, 1.807) is 18.2 Å². The van der Waals surface area contributed by atoms with Gasteiger partial charge in [-0.25, -0.2) is 4.79 Å². The highest BCUT2D eigenvalue weighted by atomic mass is 16.3. The van der Waals surface area contributed by atoms with Crippen LogP contribution in [-0.2, 0) is 0 Å². The van der Waals surface area contributed by atoms with Gasteiger partial charge in [0.05, 0.1) is 17.1 Å². The lowest BCUT2D eigenvalue weighted by Gasteiger charge is -2.17. The number of nitrogens with zero attached hydrogens (tertiary/aromatic N) is 3. The number of aromatic amines is 2. The largest absolute Gasteiger partial charge is 0.390 e. The van der Waals surface area contributed by atoms with E-state index in [0.29, 0.717) is 16.6 Å². The highest BCUT2D eigenvalue weighted by molar-refractivity contribution is 5.75. The van der Waals surface area contributed by atoms with Gasteiger partial charge in [-0.2, -0.15) is 0 Å². The van der Waals surface area contributed by atoms with Crippen LogP contribution in [0.5, 0.6) is 0 Å². The van der Waals surface area contributed by atoms with Crippen molar-refractivity contribution in [3.8, 4) is 0 Å². The van der Waals surface area contributed by atoms with Crippen LogP contribution >= 0.6 is 0 Å². The number of imidazole rings is 1. The highest BCUT2D eigenvalue weighted by Crippen LogP contribution is 2.21. The number of hydrogen-bond donors (Lipinski definition) is 4. The van der Waals surface area contributed by atoms with E-state index in [1.165, 1.54) is 0 Å². The molecule has 2 atom stereocenters. The number of hydrogen-bond acceptors (Lipinski definition) is 4. The van der Waals surface area contributed by atoms with Crippen LogP contribution in [0.15, 0.2) is 28.1 Å². The molecule has 2 aromatic rings. The van der Waals surface area contributed by atoms with Crippen LogP contribution in [0, 0.1) is 0 Å². The Labute approximate surface area is 107 Å². The Bertz CT molecular complexity index is 670. The standard InChI is InChI=1S/C11H13N5O3/c12-16-13-4-3-9(17)10(18)6-1-2-7-8(5-6)15-11(19)14-7/h1-2,5,9-10,17-18H,3-4H2,(H2,14,15,19). The summed E-state index contributed by atoms with van der Waals surface area (Å²) in [6.07, 6.45) is -1.97. The van der Waals surface area contributed by atoms with E-state index in [-0.39, 0.29) is 18.7 Å². The van der Waals surface area contributed by atoms with Crippen LogP contribution < -0.4 is 5.69 Å². The zero-order valence-corrected chi connectivity index (χ0v) is 9.95. The van der Waals surface area contributed by atoms with Crippen LogP contribution in [0.2, 0.25) is 0 Å². The van der Waals surface area contributed by atoms with E-state index in [0.717, 1.165) is 0 Å². The fourth-order valence-electron chi connectivity index (χ4n) is 1.85. The quantitative estimate of drug-likeness (QED) is 0.363. The maximum atomic E-state index is 11.1. The summed E-state index contributed by atoms with van der Waals surface area (Å²) in [5.74, 6) is 0. The Kier molecular flexibility index (Phi) is 3.86. The number of nitrogens with one attached hydrogen (secondary N) is 2. The van der Waals surface area contributed by atoms with Crippen molar-refractivity contribution in [1.29, 1.82) is 0 Å². The molecule has 0 amide bonds.